The minimum Gasteiger partial charge on any atom is -0.507 e. The number of ketones is 1. The summed E-state index contributed by atoms with van der Waals surface area (Å²) in [7, 11) is 0. The standard InChI is InChI=1S/C27H22N2O7/c1-2-12-34-27(33)16-5-8-19(9-6-16)29-23(18-4-3-11-28-14-18)22(25(31)26(29)32)24(30)17-7-10-20-21(13-17)36-15-35-20/h3-11,13-14,23,30H,2,12,15H2,1H3/b24-22-. The van der Waals surface area contributed by atoms with Crippen molar-refractivity contribution in [3.63, 3.8) is 0 Å². The smallest absolute Gasteiger partial charge is 0.338 e. The molecular formula is C27H22N2O7. The lowest BCUT2D eigenvalue weighted by Gasteiger charge is -2.25. The van der Waals surface area contributed by atoms with Gasteiger partial charge in [0.15, 0.2) is 11.5 Å². The van der Waals surface area contributed by atoms with Gasteiger partial charge in [-0.1, -0.05) is 13.0 Å². The van der Waals surface area contributed by atoms with Crippen molar-refractivity contribution in [3.05, 3.63) is 89.3 Å². The molecule has 1 N–H and O–H groups in total. The van der Waals surface area contributed by atoms with E-state index in [1.807, 2.05) is 6.92 Å². The van der Waals surface area contributed by atoms with Crippen LogP contribution in [0.25, 0.3) is 5.76 Å². The minimum atomic E-state index is -0.943. The predicted molar refractivity (Wildman–Crippen MR) is 129 cm³/mol. The Morgan fingerprint density at radius 1 is 1.08 bits per heavy atom. The number of aliphatic hydroxyl groups is 1. The first kappa shape index (κ1) is 23.1. The molecule has 182 valence electrons. The number of aliphatic hydroxyl groups excluding tert-OH is 1. The molecule has 3 heterocycles. The van der Waals surface area contributed by atoms with Gasteiger partial charge in [0.25, 0.3) is 11.7 Å². The van der Waals surface area contributed by atoms with E-state index in [0.29, 0.717) is 46.9 Å². The van der Waals surface area contributed by atoms with Gasteiger partial charge in [-0.05, 0) is 60.5 Å². The van der Waals surface area contributed by atoms with E-state index in [0.717, 1.165) is 0 Å². The van der Waals surface area contributed by atoms with Crippen molar-refractivity contribution >= 4 is 29.1 Å². The summed E-state index contributed by atoms with van der Waals surface area (Å²) in [5.41, 5.74) is 1.45. The van der Waals surface area contributed by atoms with Crippen LogP contribution in [0.2, 0.25) is 0 Å². The highest BCUT2D eigenvalue weighted by atomic mass is 16.7. The predicted octanol–water partition coefficient (Wildman–Crippen LogP) is 4.00. The van der Waals surface area contributed by atoms with Crippen LogP contribution in [-0.4, -0.2) is 41.2 Å². The van der Waals surface area contributed by atoms with Crippen LogP contribution < -0.4 is 14.4 Å². The summed E-state index contributed by atoms with van der Waals surface area (Å²) >= 11 is 0. The summed E-state index contributed by atoms with van der Waals surface area (Å²) in [4.78, 5) is 44.1. The Morgan fingerprint density at radius 2 is 1.83 bits per heavy atom. The van der Waals surface area contributed by atoms with Crippen molar-refractivity contribution < 1.29 is 33.7 Å². The van der Waals surface area contributed by atoms with Crippen molar-refractivity contribution in [2.75, 3.05) is 18.3 Å². The number of hydrogen-bond donors (Lipinski definition) is 1. The number of esters is 1. The molecule has 0 spiro atoms. The van der Waals surface area contributed by atoms with Gasteiger partial charge < -0.3 is 19.3 Å². The Bertz CT molecular complexity index is 1370. The zero-order valence-corrected chi connectivity index (χ0v) is 19.3. The fourth-order valence-corrected chi connectivity index (χ4v) is 4.19. The van der Waals surface area contributed by atoms with Gasteiger partial charge in [0.1, 0.15) is 5.76 Å². The number of rotatable bonds is 6. The third-order valence-electron chi connectivity index (χ3n) is 5.91. The molecule has 5 rings (SSSR count). The monoisotopic (exact) mass is 486 g/mol. The summed E-state index contributed by atoms with van der Waals surface area (Å²) in [6.45, 7) is 2.26. The van der Waals surface area contributed by atoms with Crippen molar-refractivity contribution in [1.82, 2.24) is 4.98 Å². The van der Waals surface area contributed by atoms with Crippen LogP contribution in [-0.2, 0) is 14.3 Å². The number of ether oxygens (including phenoxy) is 3. The Labute approximate surface area is 206 Å². The molecule has 9 heteroatoms. The van der Waals surface area contributed by atoms with E-state index in [4.69, 9.17) is 14.2 Å². The molecule has 0 bridgehead atoms. The number of aromatic nitrogens is 1. The zero-order chi connectivity index (χ0) is 25.2. The third-order valence-corrected chi connectivity index (χ3v) is 5.91. The SMILES string of the molecule is CCCOC(=O)c1ccc(N2C(=O)C(=O)/C(=C(\O)c3ccc4c(c3)OCO4)C2c2cccnc2)cc1. The second-order valence-electron chi connectivity index (χ2n) is 8.21. The van der Waals surface area contributed by atoms with Gasteiger partial charge in [-0.3, -0.25) is 19.5 Å². The molecule has 1 aromatic heterocycles. The van der Waals surface area contributed by atoms with Crippen LogP contribution in [0.3, 0.4) is 0 Å². The van der Waals surface area contributed by atoms with Gasteiger partial charge in [-0.25, -0.2) is 4.79 Å². The van der Waals surface area contributed by atoms with Gasteiger partial charge in [0.2, 0.25) is 6.79 Å². The van der Waals surface area contributed by atoms with Crippen LogP contribution in [0, 0.1) is 0 Å². The fraction of sp³-hybridized carbons (Fsp3) is 0.185. The maximum atomic E-state index is 13.3. The molecule has 2 aliphatic rings. The molecule has 36 heavy (non-hydrogen) atoms. The largest absolute Gasteiger partial charge is 0.507 e. The average Bonchev–Trinajstić information content (AvgIpc) is 3.49. The van der Waals surface area contributed by atoms with Gasteiger partial charge in [0.05, 0.1) is 23.8 Å². The first-order chi connectivity index (χ1) is 17.5. The Balaban J connectivity index is 1.58. The molecular weight excluding hydrogens is 464 g/mol. The van der Waals surface area contributed by atoms with Crippen LogP contribution >= 0.6 is 0 Å². The van der Waals surface area contributed by atoms with E-state index >= 15 is 0 Å². The summed E-state index contributed by atoms with van der Waals surface area (Å²) in [5.74, 6) is -1.53. The minimum absolute atomic E-state index is 0.0571. The highest BCUT2D eigenvalue weighted by Gasteiger charge is 2.47. The van der Waals surface area contributed by atoms with E-state index in [2.05, 4.69) is 4.98 Å². The number of carbonyl (C=O) groups excluding carboxylic acids is 3. The Kier molecular flexibility index (Phi) is 6.12. The molecule has 1 unspecified atom stereocenters. The van der Waals surface area contributed by atoms with E-state index in [1.54, 1.807) is 48.7 Å². The lowest BCUT2D eigenvalue weighted by molar-refractivity contribution is -0.132. The highest BCUT2D eigenvalue weighted by Crippen LogP contribution is 2.43. The number of fused-ring (bicyclic) bond motifs is 1. The van der Waals surface area contributed by atoms with Crippen LogP contribution in [0.1, 0.15) is 40.9 Å². The molecule has 1 saturated heterocycles. The molecule has 2 aliphatic heterocycles. The number of Topliss-reactive ketones (excluding diaryl/α,β-unsaturated/α-hetero) is 1. The second kappa shape index (κ2) is 9.53. The number of nitrogens with zero attached hydrogens (tertiary/aromatic N) is 2. The average molecular weight is 486 g/mol. The van der Waals surface area contributed by atoms with E-state index < -0.39 is 23.7 Å². The Morgan fingerprint density at radius 3 is 2.56 bits per heavy atom. The van der Waals surface area contributed by atoms with Crippen LogP contribution in [0.5, 0.6) is 11.5 Å². The number of carbonyl (C=O) groups is 3. The first-order valence-corrected chi connectivity index (χ1v) is 11.4. The van der Waals surface area contributed by atoms with Gasteiger partial charge in [-0.2, -0.15) is 0 Å². The molecule has 0 radical (unpaired) electrons. The molecule has 0 aliphatic carbocycles. The van der Waals surface area contributed by atoms with Crippen molar-refractivity contribution in [2.24, 2.45) is 0 Å². The number of hydrogen-bond acceptors (Lipinski definition) is 8. The summed E-state index contributed by atoms with van der Waals surface area (Å²) in [5, 5.41) is 11.2. The third kappa shape index (κ3) is 4.04. The van der Waals surface area contributed by atoms with Crippen molar-refractivity contribution in [2.45, 2.75) is 19.4 Å². The summed E-state index contributed by atoms with van der Waals surface area (Å²) in [6, 6.07) is 13.4. The highest BCUT2D eigenvalue weighted by molar-refractivity contribution is 6.51. The molecule has 0 saturated carbocycles. The van der Waals surface area contributed by atoms with Crippen molar-refractivity contribution in [3.8, 4) is 11.5 Å². The van der Waals surface area contributed by atoms with Gasteiger partial charge in [-0.15, -0.1) is 0 Å². The number of benzene rings is 2. The number of anilines is 1. The zero-order valence-electron chi connectivity index (χ0n) is 19.3. The second-order valence-corrected chi connectivity index (χ2v) is 8.21. The Hall–Kier alpha value is -4.66. The normalized spacial score (nSPS) is 17.9. The lowest BCUT2D eigenvalue weighted by atomic mass is 9.96. The quantitative estimate of drug-likeness (QED) is 0.241. The number of amides is 1. The summed E-state index contributed by atoms with van der Waals surface area (Å²) in [6.07, 6.45) is 3.81. The molecule has 2 aromatic carbocycles. The van der Waals surface area contributed by atoms with Crippen molar-refractivity contribution in [1.29, 1.82) is 0 Å². The van der Waals surface area contributed by atoms with E-state index in [-0.39, 0.29) is 18.1 Å². The summed E-state index contributed by atoms with van der Waals surface area (Å²) < 4.78 is 15.9. The lowest BCUT2D eigenvalue weighted by Crippen LogP contribution is -2.29. The molecule has 9 nitrogen and oxygen atoms in total. The van der Waals surface area contributed by atoms with Crippen LogP contribution in [0.4, 0.5) is 5.69 Å². The molecule has 1 fully saturated rings. The van der Waals surface area contributed by atoms with E-state index in [1.165, 1.54) is 23.2 Å². The first-order valence-electron chi connectivity index (χ1n) is 11.4. The fourth-order valence-electron chi connectivity index (χ4n) is 4.19. The van der Waals surface area contributed by atoms with Gasteiger partial charge in [0, 0.05) is 23.6 Å². The molecule has 1 atom stereocenters. The molecule has 1 amide bonds. The maximum Gasteiger partial charge on any atom is 0.338 e. The van der Waals surface area contributed by atoms with E-state index in [9.17, 15) is 19.5 Å². The van der Waals surface area contributed by atoms with Gasteiger partial charge >= 0.3 is 5.97 Å². The maximum absolute atomic E-state index is 13.3. The molecule has 3 aromatic rings. The van der Waals surface area contributed by atoms with Crippen LogP contribution in [0.15, 0.2) is 72.6 Å². The number of pyridine rings is 1. The topological polar surface area (TPSA) is 115 Å².